The van der Waals surface area contributed by atoms with Gasteiger partial charge in [0.1, 0.15) is 25.6 Å². The first-order valence-electron chi connectivity index (χ1n) is 14.9. The van der Waals surface area contributed by atoms with Gasteiger partial charge in [0.15, 0.2) is 12.9 Å². The third kappa shape index (κ3) is 20.1. The van der Waals surface area contributed by atoms with Gasteiger partial charge in [-0.1, -0.05) is 18.2 Å². The third-order valence-corrected chi connectivity index (χ3v) is 7.26. The molecule has 262 valence electrons. The Hall–Kier alpha value is -2.52. The molecular formula is C32H39Br3N3O9P. The van der Waals surface area contributed by atoms with Crippen molar-refractivity contribution >= 4 is 74.7 Å². The van der Waals surface area contributed by atoms with Crippen LogP contribution < -0.4 is 0 Å². The minimum Gasteiger partial charge on any atom is -0.466 e. The van der Waals surface area contributed by atoms with E-state index >= 15 is 0 Å². The summed E-state index contributed by atoms with van der Waals surface area (Å²) in [6.07, 6.45) is 1.84. The van der Waals surface area contributed by atoms with Crippen LogP contribution in [0.15, 0.2) is 68.4 Å². The van der Waals surface area contributed by atoms with E-state index in [9.17, 15) is 18.9 Å². The molecule has 12 nitrogen and oxygen atoms in total. The largest absolute Gasteiger partial charge is 0.466 e. The molecule has 3 aromatic rings. The maximum Gasteiger partial charge on any atom is 0.333 e. The third-order valence-electron chi connectivity index (χ3n) is 5.70. The molecule has 2 aliphatic rings. The maximum atomic E-state index is 11.4. The molecule has 3 atom stereocenters. The number of hydrogen-bond donors (Lipinski definition) is 0. The smallest absolute Gasteiger partial charge is 0.333 e. The molecule has 2 fully saturated rings. The molecule has 0 spiro atoms. The van der Waals surface area contributed by atoms with E-state index in [2.05, 4.69) is 72.0 Å². The van der Waals surface area contributed by atoms with E-state index in [0.29, 0.717) is 29.8 Å². The van der Waals surface area contributed by atoms with Gasteiger partial charge in [0.2, 0.25) is 0 Å². The van der Waals surface area contributed by atoms with Crippen molar-refractivity contribution < 1.29 is 42.4 Å². The number of rotatable bonds is 11. The minimum atomic E-state index is -0.499. The summed E-state index contributed by atoms with van der Waals surface area (Å²) in [6.45, 7) is 10.5. The van der Waals surface area contributed by atoms with Gasteiger partial charge in [-0.25, -0.2) is 24.3 Å². The highest BCUT2D eigenvalue weighted by Gasteiger charge is 2.46. The number of ether oxygens (including phenoxy) is 4. The van der Waals surface area contributed by atoms with Gasteiger partial charge in [0.05, 0.1) is 31.4 Å². The highest BCUT2D eigenvalue weighted by Crippen LogP contribution is 2.47. The molecule has 1 saturated heterocycles. The number of hydrogen-bond acceptors (Lipinski definition) is 12. The van der Waals surface area contributed by atoms with E-state index in [-0.39, 0.29) is 30.5 Å². The zero-order chi connectivity index (χ0) is 35.7. The van der Waals surface area contributed by atoms with E-state index in [1.54, 1.807) is 25.1 Å². The van der Waals surface area contributed by atoms with Crippen LogP contribution in [0.5, 0.6) is 0 Å². The number of aldehydes is 1. The summed E-state index contributed by atoms with van der Waals surface area (Å²) in [7, 11) is -0.495. The molecule has 0 bridgehead atoms. The summed E-state index contributed by atoms with van der Waals surface area (Å²) in [5.41, 5.74) is 2.45. The second-order valence-electron chi connectivity index (χ2n) is 9.23. The second-order valence-corrected chi connectivity index (χ2v) is 12.1. The van der Waals surface area contributed by atoms with E-state index < -0.39 is 14.7 Å². The maximum absolute atomic E-state index is 11.4. The lowest BCUT2D eigenvalue weighted by atomic mass is 10.2. The van der Waals surface area contributed by atoms with Gasteiger partial charge < -0.3 is 18.9 Å². The molecule has 0 radical (unpaired) electrons. The summed E-state index contributed by atoms with van der Waals surface area (Å²) in [5.74, 6) is -0.321. The second kappa shape index (κ2) is 26.4. The molecular weight excluding hydrogens is 841 g/mol. The van der Waals surface area contributed by atoms with Gasteiger partial charge in [0.25, 0.3) is 0 Å². The van der Waals surface area contributed by atoms with Crippen LogP contribution in [0, 0.1) is 5.92 Å². The Balaban J connectivity index is 0.000000313. The Morgan fingerprint density at radius 1 is 0.833 bits per heavy atom. The molecule has 0 amide bonds. The fraction of sp³-hybridized carbons (Fsp3) is 0.438. The molecule has 1 saturated carbocycles. The molecule has 48 heavy (non-hydrogen) atoms. The van der Waals surface area contributed by atoms with E-state index in [1.165, 1.54) is 0 Å². The van der Waals surface area contributed by atoms with Crippen LogP contribution in [-0.2, 0) is 37.6 Å². The van der Waals surface area contributed by atoms with Crippen molar-refractivity contribution in [2.45, 2.75) is 46.1 Å². The average molecular weight is 880 g/mol. The van der Waals surface area contributed by atoms with Crippen LogP contribution in [0.4, 0.5) is 0 Å². The lowest BCUT2D eigenvalue weighted by molar-refractivity contribution is -0.145. The molecule has 0 N–H and O–H groups in total. The van der Waals surface area contributed by atoms with Gasteiger partial charge in [0, 0.05) is 24.8 Å². The summed E-state index contributed by atoms with van der Waals surface area (Å²) >= 11 is 9.74. The lowest BCUT2D eigenvalue weighted by Crippen LogP contribution is -2.08. The summed E-state index contributed by atoms with van der Waals surface area (Å²) in [4.78, 5) is 44.2. The Morgan fingerprint density at radius 3 is 1.81 bits per heavy atom. The molecule has 1 aliphatic carbocycles. The first-order chi connectivity index (χ1) is 23.1. The summed E-state index contributed by atoms with van der Waals surface area (Å²) in [6, 6.07) is 16.8. The topological polar surface area (TPSA) is 156 Å². The molecule has 3 unspecified atom stereocenters. The van der Waals surface area contributed by atoms with E-state index in [0.717, 1.165) is 46.8 Å². The Kier molecular flexibility index (Phi) is 23.9. The van der Waals surface area contributed by atoms with Crippen LogP contribution in [0.1, 0.15) is 68.0 Å². The highest BCUT2D eigenvalue weighted by atomic mass is 79.9. The van der Waals surface area contributed by atoms with E-state index in [1.807, 2.05) is 57.2 Å². The van der Waals surface area contributed by atoms with Crippen LogP contribution >= 0.6 is 56.5 Å². The average Bonchev–Trinajstić information content (AvgIpc) is 4.00. The fourth-order valence-electron chi connectivity index (χ4n) is 3.46. The van der Waals surface area contributed by atoms with Gasteiger partial charge >= 0.3 is 20.6 Å². The van der Waals surface area contributed by atoms with Gasteiger partial charge in [-0.15, -0.1) is 0 Å². The first kappa shape index (κ1) is 43.5. The standard InChI is InChI=1S/C11H12BrNO2.C7H6BrNO.C6H4BrNO.C4H7O4P.C4H10O/c1-2-15-11(14)8-6-7(8)9-4-3-5-10(12)13-9;8-7-3-1-2-5(9-7)6-4-10-6;7-6-3-1-2-5(4-9)8-6;1-2-7-4(5)3-8-9-6;1-3-5-4-2/h3-5,7-8H,2,6H2,1H3;1-3,6H,4H2;1-4H;2-3H2,1H3;3-4H2,1-2H3. The Labute approximate surface area is 307 Å². The predicted molar refractivity (Wildman–Crippen MR) is 190 cm³/mol. The highest BCUT2D eigenvalue weighted by molar-refractivity contribution is 9.11. The predicted octanol–water partition coefficient (Wildman–Crippen LogP) is 7.90. The number of pyridine rings is 3. The quantitative estimate of drug-likeness (QED) is 0.0604. The van der Waals surface area contributed by atoms with Crippen LogP contribution in [-0.4, -0.2) is 72.8 Å². The Morgan fingerprint density at radius 2 is 1.38 bits per heavy atom. The van der Waals surface area contributed by atoms with Crippen molar-refractivity contribution in [3.63, 3.8) is 0 Å². The number of halogens is 3. The summed E-state index contributed by atoms with van der Waals surface area (Å²) < 4.78 is 35.5. The zero-order valence-corrected chi connectivity index (χ0v) is 32.7. The van der Waals surface area contributed by atoms with Crippen molar-refractivity contribution in [2.75, 3.05) is 39.6 Å². The first-order valence-corrected chi connectivity index (χ1v) is 18.0. The van der Waals surface area contributed by atoms with Crippen molar-refractivity contribution in [3.05, 3.63) is 85.5 Å². The zero-order valence-electron chi connectivity index (χ0n) is 27.1. The number of carbonyl (C=O) groups excluding carboxylic acids is 3. The molecule has 1 aliphatic heterocycles. The number of nitrogens with zero attached hydrogens (tertiary/aromatic N) is 3. The van der Waals surface area contributed by atoms with Crippen LogP contribution in [0.3, 0.4) is 0 Å². The fourth-order valence-corrected chi connectivity index (χ4v) is 4.69. The van der Waals surface area contributed by atoms with E-state index in [4.69, 9.17) is 14.2 Å². The van der Waals surface area contributed by atoms with Gasteiger partial charge in [-0.3, -0.25) is 14.1 Å². The lowest BCUT2D eigenvalue weighted by Gasteiger charge is -2.01. The van der Waals surface area contributed by atoms with Gasteiger partial charge in [-0.2, -0.15) is 0 Å². The Bertz CT molecular complexity index is 1400. The van der Waals surface area contributed by atoms with Crippen molar-refractivity contribution in [2.24, 2.45) is 5.92 Å². The molecule has 4 heterocycles. The molecule has 5 rings (SSSR count). The number of esters is 2. The van der Waals surface area contributed by atoms with Crippen LogP contribution in [0.25, 0.3) is 0 Å². The van der Waals surface area contributed by atoms with Crippen molar-refractivity contribution in [1.82, 2.24) is 15.0 Å². The summed E-state index contributed by atoms with van der Waals surface area (Å²) in [5, 5.41) is 0. The minimum absolute atomic E-state index is 0.0201. The van der Waals surface area contributed by atoms with Crippen molar-refractivity contribution in [3.8, 4) is 0 Å². The molecule has 16 heteroatoms. The molecule has 0 aromatic carbocycles. The normalized spacial score (nSPS) is 16.4. The SMILES string of the molecule is Brc1cccc(C2CO2)n1.CCOC(=O)C1CC1c1cccc(Br)n1.CCOC(=O)COP=O.CCOCC.O=Cc1cccc(Br)n1. The van der Waals surface area contributed by atoms with Gasteiger partial charge in [-0.05, 0) is 118 Å². The number of carbonyl (C=O) groups is 3. The molecule has 3 aromatic heterocycles. The number of epoxide rings is 1. The van der Waals surface area contributed by atoms with Crippen LogP contribution in [0.2, 0.25) is 0 Å². The number of aromatic nitrogens is 3. The monoisotopic (exact) mass is 877 g/mol. The van der Waals surface area contributed by atoms with Crippen molar-refractivity contribution in [1.29, 1.82) is 0 Å².